The second kappa shape index (κ2) is 13.2. The first-order valence-corrected chi connectivity index (χ1v) is 11.4. The van der Waals surface area contributed by atoms with Gasteiger partial charge in [0.2, 0.25) is 0 Å². The van der Waals surface area contributed by atoms with E-state index in [1.54, 1.807) is 6.08 Å². The van der Waals surface area contributed by atoms with Gasteiger partial charge >= 0.3 is 0 Å². The summed E-state index contributed by atoms with van der Waals surface area (Å²) in [5.74, 6) is 0.0317. The van der Waals surface area contributed by atoms with E-state index in [1.165, 1.54) is 30.4 Å². The van der Waals surface area contributed by atoms with Crippen molar-refractivity contribution in [2.75, 3.05) is 6.61 Å². The fraction of sp³-hybridized carbons (Fsp3) is 0.233. The Labute approximate surface area is 192 Å². The lowest BCUT2D eigenvalue weighted by molar-refractivity contribution is 0.104. The number of ether oxygens (including phenoxy) is 1. The first-order chi connectivity index (χ1) is 15.7. The number of unbranched alkanes of at least 4 members (excludes halogenated alkanes) is 3. The van der Waals surface area contributed by atoms with Crippen LogP contribution in [0.5, 0.6) is 0 Å². The van der Waals surface area contributed by atoms with E-state index in [9.17, 15) is 4.79 Å². The number of hydrogen-bond acceptors (Lipinski definition) is 2. The van der Waals surface area contributed by atoms with Crippen molar-refractivity contribution in [2.45, 2.75) is 38.7 Å². The molecule has 0 spiro atoms. The second-order valence-corrected chi connectivity index (χ2v) is 7.97. The Morgan fingerprint density at radius 3 is 2.12 bits per heavy atom. The molecule has 3 aromatic rings. The molecule has 2 heteroatoms. The Morgan fingerprint density at radius 2 is 1.41 bits per heavy atom. The minimum absolute atomic E-state index is 0.0317. The first kappa shape index (κ1) is 23.4. The van der Waals surface area contributed by atoms with Crippen molar-refractivity contribution in [3.8, 4) is 0 Å². The van der Waals surface area contributed by atoms with Crippen molar-refractivity contribution in [3.63, 3.8) is 0 Å². The molecular weight excluding hydrogens is 392 g/mol. The highest BCUT2D eigenvalue weighted by Crippen LogP contribution is 2.12. The van der Waals surface area contributed by atoms with Crippen LogP contribution in [0.4, 0.5) is 0 Å². The van der Waals surface area contributed by atoms with Gasteiger partial charge in [-0.3, -0.25) is 4.79 Å². The summed E-state index contributed by atoms with van der Waals surface area (Å²) in [6.07, 6.45) is 11.2. The number of allylic oxidation sites excluding steroid dienone is 1. The molecule has 32 heavy (non-hydrogen) atoms. The Morgan fingerprint density at radius 1 is 0.750 bits per heavy atom. The lowest BCUT2D eigenvalue weighted by Gasteiger charge is -2.06. The van der Waals surface area contributed by atoms with E-state index in [2.05, 4.69) is 55.1 Å². The van der Waals surface area contributed by atoms with Gasteiger partial charge in [-0.2, -0.15) is 0 Å². The highest BCUT2D eigenvalue weighted by atomic mass is 16.5. The fourth-order valence-corrected chi connectivity index (χ4v) is 3.49. The number of aryl methyl sites for hydroxylation is 1. The van der Waals surface area contributed by atoms with Gasteiger partial charge in [-0.05, 0) is 47.6 Å². The Hall–Kier alpha value is -3.23. The molecule has 0 aliphatic rings. The molecule has 0 aliphatic carbocycles. The van der Waals surface area contributed by atoms with Crippen LogP contribution in [-0.4, -0.2) is 12.4 Å². The predicted octanol–water partition coefficient (Wildman–Crippen LogP) is 7.55. The third-order valence-corrected chi connectivity index (χ3v) is 5.45. The van der Waals surface area contributed by atoms with E-state index in [1.807, 2.05) is 42.5 Å². The molecule has 0 aliphatic heterocycles. The molecule has 0 unspecified atom stereocenters. The summed E-state index contributed by atoms with van der Waals surface area (Å²) >= 11 is 0. The molecule has 0 atom stereocenters. The standard InChI is InChI=1S/C30H32O2/c1-2-25-13-19-28(20-14-25)24-32-23-9-4-3-6-10-26-15-17-27(18-16-26)21-22-30(31)29-11-7-5-8-12-29/h2,5,7-8,11-22H,1,3-4,6,9-10,23-24H2. The third kappa shape index (κ3) is 8.13. The van der Waals surface area contributed by atoms with Crippen LogP contribution in [0.3, 0.4) is 0 Å². The number of carbonyl (C=O) groups excluding carboxylic acids is 1. The molecule has 0 amide bonds. The number of benzene rings is 3. The van der Waals surface area contributed by atoms with E-state index >= 15 is 0 Å². The largest absolute Gasteiger partial charge is 0.377 e. The van der Waals surface area contributed by atoms with Gasteiger partial charge in [0, 0.05) is 12.2 Å². The molecule has 0 aromatic heterocycles. The van der Waals surface area contributed by atoms with Crippen molar-refractivity contribution >= 4 is 17.9 Å². The zero-order valence-corrected chi connectivity index (χ0v) is 18.7. The summed E-state index contributed by atoms with van der Waals surface area (Å²) in [6.45, 7) is 5.26. The second-order valence-electron chi connectivity index (χ2n) is 7.97. The van der Waals surface area contributed by atoms with E-state index in [0.29, 0.717) is 12.2 Å². The molecule has 0 heterocycles. The van der Waals surface area contributed by atoms with Crippen LogP contribution in [0.1, 0.15) is 58.3 Å². The lowest BCUT2D eigenvalue weighted by Crippen LogP contribution is -1.96. The third-order valence-electron chi connectivity index (χ3n) is 5.45. The molecule has 3 rings (SSSR count). The average molecular weight is 425 g/mol. The Bertz CT molecular complexity index is 983. The van der Waals surface area contributed by atoms with Gasteiger partial charge in [0.05, 0.1) is 6.61 Å². The molecule has 2 nitrogen and oxygen atoms in total. The number of hydrogen-bond donors (Lipinski definition) is 0. The van der Waals surface area contributed by atoms with Gasteiger partial charge in [0.15, 0.2) is 5.78 Å². The highest BCUT2D eigenvalue weighted by Gasteiger charge is 2.00. The van der Waals surface area contributed by atoms with Crippen molar-refractivity contribution in [3.05, 3.63) is 119 Å². The van der Waals surface area contributed by atoms with Gasteiger partial charge in [-0.25, -0.2) is 0 Å². The summed E-state index contributed by atoms with van der Waals surface area (Å²) in [4.78, 5) is 12.2. The molecule has 164 valence electrons. The van der Waals surface area contributed by atoms with Crippen LogP contribution in [0.25, 0.3) is 12.2 Å². The minimum Gasteiger partial charge on any atom is -0.377 e. The van der Waals surface area contributed by atoms with Gasteiger partial charge in [-0.1, -0.05) is 110 Å². The van der Waals surface area contributed by atoms with Crippen molar-refractivity contribution in [1.29, 1.82) is 0 Å². The van der Waals surface area contributed by atoms with Crippen molar-refractivity contribution < 1.29 is 9.53 Å². The Kier molecular flexibility index (Phi) is 9.70. The maximum absolute atomic E-state index is 12.2. The number of ketones is 1. The molecule has 0 fully saturated rings. The van der Waals surface area contributed by atoms with Gasteiger partial charge in [0.1, 0.15) is 0 Å². The normalized spacial score (nSPS) is 11.0. The number of rotatable bonds is 13. The lowest BCUT2D eigenvalue weighted by atomic mass is 10.0. The average Bonchev–Trinajstić information content (AvgIpc) is 2.85. The monoisotopic (exact) mass is 424 g/mol. The molecule has 0 saturated carbocycles. The quantitative estimate of drug-likeness (QED) is 0.161. The van der Waals surface area contributed by atoms with Crippen molar-refractivity contribution in [2.24, 2.45) is 0 Å². The van der Waals surface area contributed by atoms with Crippen LogP contribution >= 0.6 is 0 Å². The number of carbonyl (C=O) groups is 1. The maximum Gasteiger partial charge on any atom is 0.185 e. The Balaban J connectivity index is 1.27. The summed E-state index contributed by atoms with van der Waals surface area (Å²) in [6, 6.07) is 26.2. The van der Waals surface area contributed by atoms with Gasteiger partial charge in [-0.15, -0.1) is 0 Å². The summed E-state index contributed by atoms with van der Waals surface area (Å²) in [5.41, 5.74) is 5.45. The van der Waals surface area contributed by atoms with Crippen LogP contribution in [-0.2, 0) is 17.8 Å². The summed E-state index contributed by atoms with van der Waals surface area (Å²) in [7, 11) is 0. The van der Waals surface area contributed by atoms with Crippen LogP contribution < -0.4 is 0 Å². The summed E-state index contributed by atoms with van der Waals surface area (Å²) in [5, 5.41) is 0. The van der Waals surface area contributed by atoms with E-state index < -0.39 is 0 Å². The van der Waals surface area contributed by atoms with Crippen LogP contribution in [0.15, 0.2) is 91.5 Å². The topological polar surface area (TPSA) is 26.3 Å². The van der Waals surface area contributed by atoms with Crippen LogP contribution in [0, 0.1) is 0 Å². The first-order valence-electron chi connectivity index (χ1n) is 11.4. The highest BCUT2D eigenvalue weighted by molar-refractivity contribution is 6.06. The molecular formula is C30H32O2. The molecule has 0 radical (unpaired) electrons. The predicted molar refractivity (Wildman–Crippen MR) is 135 cm³/mol. The van der Waals surface area contributed by atoms with E-state index in [0.717, 1.165) is 30.6 Å². The zero-order chi connectivity index (χ0) is 22.4. The molecule has 0 bridgehead atoms. The molecule has 0 N–H and O–H groups in total. The fourth-order valence-electron chi connectivity index (χ4n) is 3.49. The molecule has 0 saturated heterocycles. The minimum atomic E-state index is 0.0317. The van der Waals surface area contributed by atoms with Crippen molar-refractivity contribution in [1.82, 2.24) is 0 Å². The van der Waals surface area contributed by atoms with E-state index in [4.69, 9.17) is 4.74 Å². The molecule has 3 aromatic carbocycles. The SMILES string of the molecule is C=Cc1ccc(COCCCCCCc2ccc(C=CC(=O)c3ccccc3)cc2)cc1. The smallest absolute Gasteiger partial charge is 0.185 e. The van der Waals surface area contributed by atoms with Gasteiger partial charge < -0.3 is 4.74 Å². The summed E-state index contributed by atoms with van der Waals surface area (Å²) < 4.78 is 5.78. The van der Waals surface area contributed by atoms with Gasteiger partial charge in [0.25, 0.3) is 0 Å². The maximum atomic E-state index is 12.2. The zero-order valence-electron chi connectivity index (χ0n) is 18.7. The van der Waals surface area contributed by atoms with Crippen LogP contribution in [0.2, 0.25) is 0 Å². The van der Waals surface area contributed by atoms with E-state index in [-0.39, 0.29) is 5.78 Å².